The second-order valence-corrected chi connectivity index (χ2v) is 7.58. The third kappa shape index (κ3) is 4.33. The van der Waals surface area contributed by atoms with Crippen LogP contribution >= 0.6 is 11.6 Å². The average Bonchev–Trinajstić information content (AvgIpc) is 2.64. The molecule has 1 aromatic heterocycles. The lowest BCUT2D eigenvalue weighted by Crippen LogP contribution is -2.43. The molecule has 2 heterocycles. The van der Waals surface area contributed by atoms with Gasteiger partial charge in [-0.1, -0.05) is 17.7 Å². The van der Waals surface area contributed by atoms with Gasteiger partial charge in [-0.15, -0.1) is 0 Å². The number of amides is 2. The second kappa shape index (κ2) is 8.13. The third-order valence-corrected chi connectivity index (χ3v) is 5.28. The van der Waals surface area contributed by atoms with Crippen LogP contribution < -0.4 is 5.73 Å². The number of hydrogen-bond acceptors (Lipinski definition) is 4. The van der Waals surface area contributed by atoms with Crippen LogP contribution in [0.1, 0.15) is 36.1 Å². The number of nitrogens with two attached hydrogens (primary N) is 1. The molecule has 1 saturated heterocycles. The van der Waals surface area contributed by atoms with Gasteiger partial charge >= 0.3 is 6.03 Å². The standard InChI is InChI=1S/C20H26ClN5O/c1-13-11-15(21)7-8-16(13)18-14(2)17(23-19(22)24-18)12-25(3)20(27)26-9-5-4-6-10-26/h7-8,11H,4-6,9-10,12H2,1-3H3,(H2,22,23,24). The lowest BCUT2D eigenvalue weighted by Gasteiger charge is -2.31. The molecule has 1 aliphatic heterocycles. The van der Waals surface area contributed by atoms with Gasteiger partial charge in [0.2, 0.25) is 5.95 Å². The van der Waals surface area contributed by atoms with E-state index in [1.807, 2.05) is 44.0 Å². The van der Waals surface area contributed by atoms with E-state index in [2.05, 4.69) is 9.97 Å². The number of nitrogens with zero attached hydrogens (tertiary/aromatic N) is 4. The van der Waals surface area contributed by atoms with Crippen LogP contribution in [0.3, 0.4) is 0 Å². The molecule has 2 amide bonds. The van der Waals surface area contributed by atoms with Crippen molar-refractivity contribution in [3.8, 4) is 11.3 Å². The molecule has 6 nitrogen and oxygen atoms in total. The zero-order valence-electron chi connectivity index (χ0n) is 16.1. The highest BCUT2D eigenvalue weighted by atomic mass is 35.5. The van der Waals surface area contributed by atoms with E-state index >= 15 is 0 Å². The van der Waals surface area contributed by atoms with Crippen molar-refractivity contribution in [2.45, 2.75) is 39.7 Å². The van der Waals surface area contributed by atoms with Crippen LogP contribution in [0.15, 0.2) is 18.2 Å². The van der Waals surface area contributed by atoms with Gasteiger partial charge in [0.25, 0.3) is 0 Å². The van der Waals surface area contributed by atoms with Crippen LogP contribution in [0, 0.1) is 13.8 Å². The minimum Gasteiger partial charge on any atom is -0.368 e. The second-order valence-electron chi connectivity index (χ2n) is 7.15. The number of halogens is 1. The highest BCUT2D eigenvalue weighted by molar-refractivity contribution is 6.30. The smallest absolute Gasteiger partial charge is 0.320 e. The normalized spacial score (nSPS) is 14.3. The number of piperidine rings is 1. The predicted molar refractivity (Wildman–Crippen MR) is 109 cm³/mol. The van der Waals surface area contributed by atoms with E-state index < -0.39 is 0 Å². The molecule has 0 radical (unpaired) electrons. The molecule has 1 aliphatic rings. The Kier molecular flexibility index (Phi) is 5.85. The van der Waals surface area contributed by atoms with E-state index in [1.54, 1.807) is 4.90 Å². The predicted octanol–water partition coefficient (Wildman–Crippen LogP) is 4.03. The summed E-state index contributed by atoms with van der Waals surface area (Å²) < 4.78 is 0. The number of hydrogen-bond donors (Lipinski definition) is 1. The molecule has 144 valence electrons. The summed E-state index contributed by atoms with van der Waals surface area (Å²) >= 11 is 6.08. The zero-order chi connectivity index (χ0) is 19.6. The fourth-order valence-corrected chi connectivity index (χ4v) is 3.74. The highest BCUT2D eigenvalue weighted by Gasteiger charge is 2.22. The SMILES string of the molecule is Cc1cc(Cl)ccc1-c1nc(N)nc(CN(C)C(=O)N2CCCCC2)c1C. The van der Waals surface area contributed by atoms with Gasteiger partial charge in [0.05, 0.1) is 17.9 Å². The van der Waals surface area contributed by atoms with Crippen LogP contribution in [0.4, 0.5) is 10.7 Å². The first-order valence-electron chi connectivity index (χ1n) is 9.26. The summed E-state index contributed by atoms with van der Waals surface area (Å²) in [6.45, 7) is 6.00. The van der Waals surface area contributed by atoms with Crippen molar-refractivity contribution in [1.29, 1.82) is 0 Å². The maximum Gasteiger partial charge on any atom is 0.320 e. The molecule has 0 unspecified atom stereocenters. The number of rotatable bonds is 3. The first-order chi connectivity index (χ1) is 12.9. The number of carbonyl (C=O) groups excluding carboxylic acids is 1. The number of anilines is 1. The summed E-state index contributed by atoms with van der Waals surface area (Å²) in [7, 11) is 1.81. The quantitative estimate of drug-likeness (QED) is 0.862. The monoisotopic (exact) mass is 387 g/mol. The third-order valence-electron chi connectivity index (χ3n) is 5.05. The van der Waals surface area contributed by atoms with Crippen molar-refractivity contribution in [2.75, 3.05) is 25.9 Å². The average molecular weight is 388 g/mol. The highest BCUT2D eigenvalue weighted by Crippen LogP contribution is 2.29. The number of aryl methyl sites for hydroxylation is 1. The Morgan fingerprint density at radius 2 is 1.93 bits per heavy atom. The molecular formula is C20H26ClN5O. The maximum atomic E-state index is 12.7. The fraction of sp³-hybridized carbons (Fsp3) is 0.450. The number of nitrogen functional groups attached to an aromatic ring is 1. The van der Waals surface area contributed by atoms with E-state index in [9.17, 15) is 4.79 Å². The fourth-order valence-electron chi connectivity index (χ4n) is 3.51. The Labute approximate surface area is 165 Å². The molecule has 1 fully saturated rings. The molecule has 3 rings (SSSR count). The molecule has 27 heavy (non-hydrogen) atoms. The Balaban J connectivity index is 1.87. The van der Waals surface area contributed by atoms with Gasteiger partial charge < -0.3 is 15.5 Å². The number of urea groups is 1. The Hall–Kier alpha value is -2.34. The molecule has 0 atom stereocenters. The van der Waals surface area contributed by atoms with E-state index in [0.717, 1.165) is 54.0 Å². The van der Waals surface area contributed by atoms with Crippen molar-refractivity contribution in [2.24, 2.45) is 0 Å². The van der Waals surface area contributed by atoms with Crippen molar-refractivity contribution in [3.63, 3.8) is 0 Å². The number of benzene rings is 1. The molecule has 0 spiro atoms. The summed E-state index contributed by atoms with van der Waals surface area (Å²) in [5, 5.41) is 0.683. The summed E-state index contributed by atoms with van der Waals surface area (Å²) in [6, 6.07) is 5.72. The zero-order valence-corrected chi connectivity index (χ0v) is 16.9. The summed E-state index contributed by atoms with van der Waals surface area (Å²) in [6.07, 6.45) is 3.33. The Bertz CT molecular complexity index is 849. The first-order valence-corrected chi connectivity index (χ1v) is 9.64. The van der Waals surface area contributed by atoms with Crippen molar-refractivity contribution in [3.05, 3.63) is 40.0 Å². The van der Waals surface area contributed by atoms with Crippen LogP contribution in [0.2, 0.25) is 5.02 Å². The van der Waals surface area contributed by atoms with E-state index in [1.165, 1.54) is 6.42 Å². The molecule has 0 aliphatic carbocycles. The van der Waals surface area contributed by atoms with Crippen molar-refractivity contribution in [1.82, 2.24) is 19.8 Å². The minimum atomic E-state index is 0.0375. The van der Waals surface area contributed by atoms with Gasteiger partial charge in [0.1, 0.15) is 0 Å². The minimum absolute atomic E-state index is 0.0375. The lowest BCUT2D eigenvalue weighted by atomic mass is 10.0. The number of carbonyl (C=O) groups is 1. The largest absolute Gasteiger partial charge is 0.368 e. The van der Waals surface area contributed by atoms with Crippen LogP contribution in [-0.4, -0.2) is 45.9 Å². The molecule has 2 aromatic rings. The van der Waals surface area contributed by atoms with Crippen molar-refractivity contribution >= 4 is 23.6 Å². The molecule has 7 heteroatoms. The molecule has 0 bridgehead atoms. The van der Waals surface area contributed by atoms with E-state index in [0.29, 0.717) is 11.6 Å². The van der Waals surface area contributed by atoms with E-state index in [-0.39, 0.29) is 12.0 Å². The number of aromatic nitrogens is 2. The lowest BCUT2D eigenvalue weighted by molar-refractivity contribution is 0.150. The maximum absolute atomic E-state index is 12.7. The first kappa shape index (κ1) is 19.4. The Morgan fingerprint density at radius 1 is 1.22 bits per heavy atom. The molecule has 0 saturated carbocycles. The van der Waals surface area contributed by atoms with Gasteiger partial charge in [-0.3, -0.25) is 0 Å². The summed E-state index contributed by atoms with van der Waals surface area (Å²) in [4.78, 5) is 25.2. The van der Waals surface area contributed by atoms with E-state index in [4.69, 9.17) is 17.3 Å². The molecular weight excluding hydrogens is 362 g/mol. The number of likely N-dealkylation sites (tertiary alicyclic amines) is 1. The van der Waals surface area contributed by atoms with Gasteiger partial charge in [-0.2, -0.15) is 0 Å². The van der Waals surface area contributed by atoms with Gasteiger partial charge in [0.15, 0.2) is 0 Å². The van der Waals surface area contributed by atoms with Crippen LogP contribution in [0.5, 0.6) is 0 Å². The topological polar surface area (TPSA) is 75.3 Å². The van der Waals surface area contributed by atoms with Gasteiger partial charge in [0, 0.05) is 30.7 Å². The van der Waals surface area contributed by atoms with Gasteiger partial charge in [-0.25, -0.2) is 14.8 Å². The summed E-state index contributed by atoms with van der Waals surface area (Å²) in [5.41, 5.74) is 10.4. The summed E-state index contributed by atoms with van der Waals surface area (Å²) in [5.74, 6) is 0.207. The Morgan fingerprint density at radius 3 is 2.59 bits per heavy atom. The van der Waals surface area contributed by atoms with Crippen LogP contribution in [0.25, 0.3) is 11.3 Å². The molecule has 1 aromatic carbocycles. The van der Waals surface area contributed by atoms with Crippen LogP contribution in [-0.2, 0) is 6.54 Å². The van der Waals surface area contributed by atoms with Gasteiger partial charge in [-0.05, 0) is 56.4 Å². The van der Waals surface area contributed by atoms with Crippen molar-refractivity contribution < 1.29 is 4.79 Å². The molecule has 2 N–H and O–H groups in total.